The number of sulfonamides is 3. The highest BCUT2D eigenvalue weighted by atomic mass is 35.7. The summed E-state index contributed by atoms with van der Waals surface area (Å²) in [6.07, 6.45) is 16.6. The summed E-state index contributed by atoms with van der Waals surface area (Å²) in [4.78, 5) is 101. The minimum Gasteiger partial charge on any atom is -0.476 e. The SMILES string of the molecule is C.C1CCNC1.NCCS(=O)(=O)N1CCCC1.NN.O.O=C(CCCS(=O)(=O)N1CCCC1)c1noc2c1CN(c1ncnc3[nH]ccc13)CC2.O=C(O)c1noc2c1CN(c1ncnc3[nH]ccc13)CC2.O=C1c2ccccc2C(=O)N1CCS(=O)(=O)Cl.O=C1c2ccccc2C(=O)N1CCS(=O)(=O)N1CCCC1. The van der Waals surface area contributed by atoms with Gasteiger partial charge in [-0.1, -0.05) is 42.0 Å². The van der Waals surface area contributed by atoms with Crippen LogP contribution in [0.4, 0.5) is 11.6 Å². The lowest BCUT2D eigenvalue weighted by Crippen LogP contribution is -2.38. The van der Waals surface area contributed by atoms with Gasteiger partial charge in [0.1, 0.15) is 47.1 Å². The normalized spacial score (nSPS) is 16.9. The van der Waals surface area contributed by atoms with E-state index in [4.69, 9.17) is 30.6 Å². The Bertz CT molecular complexity index is 4920. The lowest BCUT2D eigenvalue weighted by atomic mass is 10.0. The number of carbonyl (C=O) groups is 6. The van der Waals surface area contributed by atoms with Crippen LogP contribution in [0.5, 0.6) is 0 Å². The Morgan fingerprint density at radius 3 is 1.28 bits per heavy atom. The number of aromatic carboxylic acids is 1. The van der Waals surface area contributed by atoms with Crippen LogP contribution in [0.25, 0.3) is 22.1 Å². The first-order chi connectivity index (χ1) is 51.8. The summed E-state index contributed by atoms with van der Waals surface area (Å²) in [5.41, 5.74) is 9.65. The van der Waals surface area contributed by atoms with E-state index in [1.54, 1.807) is 42.6 Å². The number of aromatic amines is 2. The van der Waals surface area contributed by atoms with Gasteiger partial charge in [0, 0.05) is 125 Å². The number of carboxylic acid groups (broad SMARTS) is 1. The number of anilines is 2. The van der Waals surface area contributed by atoms with Crippen molar-refractivity contribution in [2.24, 2.45) is 17.4 Å². The first-order valence-corrected chi connectivity index (χ1v) is 42.4. The molecule has 598 valence electrons. The number of hydrogen-bond donors (Lipinski definition) is 7. The summed E-state index contributed by atoms with van der Waals surface area (Å²) < 4.78 is 108. The number of nitrogens with zero attached hydrogens (tertiary/aromatic N) is 13. The minimum atomic E-state index is -3.72. The van der Waals surface area contributed by atoms with Crippen LogP contribution in [0, 0.1) is 0 Å². The molecule has 6 aromatic heterocycles. The molecule has 4 fully saturated rings. The Morgan fingerprint density at radius 2 is 0.900 bits per heavy atom. The molecular formula is C68H92ClN19O18S4. The number of H-pyrrole nitrogens is 2. The van der Waals surface area contributed by atoms with Crippen molar-refractivity contribution in [3.63, 3.8) is 0 Å². The van der Waals surface area contributed by atoms with Crippen molar-refractivity contribution in [1.29, 1.82) is 0 Å². The minimum absolute atomic E-state index is 0. The maximum atomic E-state index is 12.8. The second kappa shape index (κ2) is 39.2. The molecule has 4 amide bonds. The van der Waals surface area contributed by atoms with Crippen LogP contribution in [-0.4, -0.2) is 251 Å². The van der Waals surface area contributed by atoms with Gasteiger partial charge in [0.2, 0.25) is 39.1 Å². The maximum Gasteiger partial charge on any atom is 0.358 e. The lowest BCUT2D eigenvalue weighted by molar-refractivity contribution is 0.0648. The molecule has 8 aliphatic heterocycles. The number of carboxylic acids is 1. The fourth-order valence-corrected chi connectivity index (χ4v) is 18.3. The second-order valence-electron chi connectivity index (χ2n) is 25.8. The second-order valence-corrected chi connectivity index (χ2v) is 34.9. The van der Waals surface area contributed by atoms with Crippen molar-refractivity contribution in [2.75, 3.05) is 118 Å². The number of hydrogen-bond acceptors (Lipinski definition) is 28. The third kappa shape index (κ3) is 21.1. The van der Waals surface area contributed by atoms with Crippen LogP contribution in [0.1, 0.15) is 157 Å². The highest BCUT2D eigenvalue weighted by molar-refractivity contribution is 8.13. The Morgan fingerprint density at radius 1 is 0.518 bits per heavy atom. The summed E-state index contributed by atoms with van der Waals surface area (Å²) >= 11 is 0. The summed E-state index contributed by atoms with van der Waals surface area (Å²) in [6, 6.07) is 16.7. The number of fused-ring (bicyclic) bond motifs is 6. The van der Waals surface area contributed by atoms with E-state index in [1.807, 2.05) is 23.2 Å². The number of carbonyl (C=O) groups excluding carboxylic acids is 5. The number of amides is 4. The van der Waals surface area contributed by atoms with E-state index in [0.29, 0.717) is 123 Å². The number of aromatic nitrogens is 8. The molecule has 12 N–H and O–H groups in total. The van der Waals surface area contributed by atoms with Gasteiger partial charge < -0.3 is 50.4 Å². The van der Waals surface area contributed by atoms with Gasteiger partial charge in [-0.3, -0.25) is 45.5 Å². The molecule has 0 spiro atoms. The molecule has 0 aliphatic carbocycles. The summed E-state index contributed by atoms with van der Waals surface area (Å²) in [7, 11) is -8.36. The van der Waals surface area contributed by atoms with Crippen LogP contribution in [0.15, 0.2) is 94.8 Å². The molecule has 8 aromatic rings. The van der Waals surface area contributed by atoms with Crippen LogP contribution < -0.4 is 32.5 Å². The van der Waals surface area contributed by atoms with Crippen molar-refractivity contribution in [3.8, 4) is 0 Å². The molecule has 37 nitrogen and oxygen atoms in total. The van der Waals surface area contributed by atoms with Crippen molar-refractivity contribution >= 4 is 119 Å². The van der Waals surface area contributed by atoms with Crippen LogP contribution >= 0.6 is 10.7 Å². The Hall–Kier alpha value is -9.11. The zero-order chi connectivity index (χ0) is 77.3. The molecule has 16 rings (SSSR count). The Labute approximate surface area is 640 Å². The first-order valence-electron chi connectivity index (χ1n) is 35.1. The van der Waals surface area contributed by atoms with Crippen molar-refractivity contribution < 1.29 is 82.1 Å². The van der Waals surface area contributed by atoms with E-state index in [0.717, 1.165) is 87.6 Å². The van der Waals surface area contributed by atoms with Gasteiger partial charge in [-0.05, 0) is 107 Å². The molecule has 110 heavy (non-hydrogen) atoms. The molecule has 0 unspecified atom stereocenters. The number of rotatable bonds is 19. The fourth-order valence-electron chi connectivity index (χ4n) is 13.3. The molecule has 0 radical (unpaired) electrons. The van der Waals surface area contributed by atoms with E-state index in [9.17, 15) is 62.4 Å². The van der Waals surface area contributed by atoms with Crippen LogP contribution in [0.3, 0.4) is 0 Å². The van der Waals surface area contributed by atoms with Gasteiger partial charge in [0.15, 0.2) is 17.2 Å². The van der Waals surface area contributed by atoms with Crippen LogP contribution in [-0.2, 0) is 65.1 Å². The molecule has 8 aliphatic rings. The van der Waals surface area contributed by atoms with Gasteiger partial charge in [-0.15, -0.1) is 0 Å². The van der Waals surface area contributed by atoms with E-state index in [-0.39, 0.29) is 74.1 Å². The molecule has 4 saturated heterocycles. The number of nitrogens with two attached hydrogens (primary N) is 3. The average molecular weight is 1630 g/mol. The van der Waals surface area contributed by atoms with Crippen LogP contribution in [0.2, 0.25) is 0 Å². The Kier molecular flexibility index (Phi) is 30.8. The number of Topliss-reactive ketones (excluding diaryl/α,β-unsaturated/α-hetero) is 1. The number of halogens is 1. The van der Waals surface area contributed by atoms with E-state index in [1.165, 1.54) is 63.6 Å². The smallest absolute Gasteiger partial charge is 0.358 e. The zero-order valence-corrected chi connectivity index (χ0v) is 63.6. The number of benzene rings is 2. The summed E-state index contributed by atoms with van der Waals surface area (Å²) in [5.74, 6) is 7.32. The third-order valence-corrected chi connectivity index (χ3v) is 25.6. The molecule has 2 aromatic carbocycles. The molecule has 0 saturated carbocycles. The van der Waals surface area contributed by atoms with Gasteiger partial charge >= 0.3 is 5.97 Å². The van der Waals surface area contributed by atoms with E-state index in [2.05, 4.69) is 62.1 Å². The molecular weight excluding hydrogens is 1530 g/mol. The topological polar surface area (TPSA) is 539 Å². The van der Waals surface area contributed by atoms with Crippen molar-refractivity contribution in [2.45, 2.75) is 97.6 Å². The quantitative estimate of drug-likeness (QED) is 0.0201. The molecule has 14 heterocycles. The van der Waals surface area contributed by atoms with Gasteiger partial charge in [0.25, 0.3) is 23.6 Å². The standard InChI is InChI=1S/C20H24N6O4S.C14H16N2O4S.C13H11N5O3.C10H8ClNO4S.C6H14N2O2S.C4H9N.CH4.H4N2.H2O/c27-16(4-3-11-31(28,29)26-8-1-2-9-26)18-15-12-25(10-6-17(15)30-24-18)20-14-5-7-21-19(14)22-13-23-20;17-13-11-5-1-2-6-12(11)14(18)16(13)9-10-21(19,20)15-7-3-4-8-15;19-13(20)10-8-5-18(4-2-9(8)21-17-10)12-7-1-3-14-11(7)15-6-16-12;11-17(15,16)6-5-12-9(13)7-3-1-2-4-8(7)10(12)14;7-3-6-11(9,10)8-4-1-2-5-8;1-2-4-5-3-1;;1-2;/h5,7,13H,1-4,6,8-12H2,(H,21,22,23);1-2,5-6H,3-4,7-10H2;1,3,6H,2,4-5H2,(H,19,20)(H,14,15,16);1-4H,5-6H2;1-7H2;5H,1-4H2;1H4;1-2H2;1H2. The number of ketones is 1. The lowest BCUT2D eigenvalue weighted by Gasteiger charge is -2.27. The Balaban J connectivity index is 0.000000173. The fraction of sp³-hybridized carbons (Fsp3) is 0.471. The van der Waals surface area contributed by atoms with Gasteiger partial charge in [-0.25, -0.2) is 71.3 Å². The first kappa shape index (κ1) is 86.5. The highest BCUT2D eigenvalue weighted by Gasteiger charge is 2.39. The number of nitrogens with one attached hydrogen (secondary N) is 3. The van der Waals surface area contributed by atoms with Gasteiger partial charge in [-0.2, -0.15) is 0 Å². The third-order valence-electron chi connectivity index (χ3n) is 18.8. The summed E-state index contributed by atoms with van der Waals surface area (Å²) in [6.45, 7) is 8.27. The predicted molar refractivity (Wildman–Crippen MR) is 408 cm³/mol. The monoisotopic (exact) mass is 1630 g/mol. The zero-order valence-electron chi connectivity index (χ0n) is 59.5. The predicted octanol–water partition coefficient (Wildman–Crippen LogP) is 3.03. The summed E-state index contributed by atoms with van der Waals surface area (Å²) in [5, 5.41) is 21.9. The molecule has 0 bridgehead atoms. The number of hydrazine groups is 1. The molecule has 0 atom stereocenters. The van der Waals surface area contributed by atoms with Crippen molar-refractivity contribution in [3.05, 3.63) is 142 Å². The maximum absolute atomic E-state index is 12.8. The van der Waals surface area contributed by atoms with E-state index >= 15 is 0 Å². The van der Waals surface area contributed by atoms with Crippen molar-refractivity contribution in [1.82, 2.24) is 68.2 Å². The molecule has 42 heteroatoms. The largest absolute Gasteiger partial charge is 0.476 e. The average Bonchev–Trinajstić information content (AvgIpc) is 1.62. The highest BCUT2D eigenvalue weighted by Crippen LogP contribution is 2.33. The number of imide groups is 2. The van der Waals surface area contributed by atoms with E-state index < -0.39 is 74.5 Å². The van der Waals surface area contributed by atoms with Gasteiger partial charge in [0.05, 0.1) is 69.1 Å².